The van der Waals surface area contributed by atoms with Crippen molar-refractivity contribution >= 4 is 22.6 Å². The number of carbonyl (C=O) groups is 1. The smallest absolute Gasteiger partial charge is 0.339 e. The summed E-state index contributed by atoms with van der Waals surface area (Å²) in [5.74, 6) is 0.785. The number of pyridine rings is 1. The number of fused-ring (bicyclic) bond motifs is 2. The quantitative estimate of drug-likeness (QED) is 0.177. The van der Waals surface area contributed by atoms with Crippen LogP contribution in [-0.4, -0.2) is 30.5 Å². The highest BCUT2D eigenvalue weighted by Gasteiger charge is 2.21. The van der Waals surface area contributed by atoms with Gasteiger partial charge in [-0.1, -0.05) is 67.9 Å². The Morgan fingerprint density at radius 2 is 1.64 bits per heavy atom. The van der Waals surface area contributed by atoms with E-state index in [2.05, 4.69) is 60.2 Å². The van der Waals surface area contributed by atoms with Crippen molar-refractivity contribution in [2.75, 3.05) is 0 Å². The SMILES string of the molecule is CCCCc1nc2ccc(-c3cn4ccccc4n3)cc2n1Cc1ccc(-c2ccccc2C(=O)OC(C)(C)C)cc1. The summed E-state index contributed by atoms with van der Waals surface area (Å²) in [4.78, 5) is 22.8. The molecular weight excluding hydrogens is 520 g/mol. The summed E-state index contributed by atoms with van der Waals surface area (Å²) in [6.07, 6.45) is 7.22. The molecule has 0 aliphatic rings. The van der Waals surface area contributed by atoms with Crippen LogP contribution in [-0.2, 0) is 17.7 Å². The average Bonchev–Trinajstić information content (AvgIpc) is 3.57. The monoisotopic (exact) mass is 556 g/mol. The molecule has 3 heterocycles. The van der Waals surface area contributed by atoms with Crippen LogP contribution in [0.3, 0.4) is 0 Å². The average molecular weight is 557 g/mol. The largest absolute Gasteiger partial charge is 0.456 e. The number of imidazole rings is 2. The molecule has 3 aromatic heterocycles. The molecule has 0 unspecified atom stereocenters. The van der Waals surface area contributed by atoms with Gasteiger partial charge in [0.1, 0.15) is 17.1 Å². The van der Waals surface area contributed by atoms with Gasteiger partial charge in [0, 0.05) is 30.9 Å². The lowest BCUT2D eigenvalue weighted by Crippen LogP contribution is -2.24. The number of benzene rings is 3. The molecule has 0 radical (unpaired) electrons. The Balaban J connectivity index is 1.33. The Hall–Kier alpha value is -4.71. The van der Waals surface area contributed by atoms with Gasteiger partial charge in [0.05, 0.1) is 22.3 Å². The van der Waals surface area contributed by atoms with E-state index >= 15 is 0 Å². The summed E-state index contributed by atoms with van der Waals surface area (Å²) in [5, 5.41) is 0. The predicted molar refractivity (Wildman–Crippen MR) is 169 cm³/mol. The molecule has 6 rings (SSSR count). The van der Waals surface area contributed by atoms with E-state index in [0.717, 1.165) is 64.2 Å². The van der Waals surface area contributed by atoms with Crippen LogP contribution in [0.2, 0.25) is 0 Å². The van der Waals surface area contributed by atoms with Crippen LogP contribution in [0.15, 0.2) is 97.3 Å². The molecule has 0 aliphatic carbocycles. The van der Waals surface area contributed by atoms with Crippen molar-refractivity contribution in [3.63, 3.8) is 0 Å². The maximum Gasteiger partial charge on any atom is 0.339 e. The fourth-order valence-electron chi connectivity index (χ4n) is 5.33. The topological polar surface area (TPSA) is 61.4 Å². The second-order valence-corrected chi connectivity index (χ2v) is 11.8. The van der Waals surface area contributed by atoms with E-state index in [1.54, 1.807) is 0 Å². The lowest BCUT2D eigenvalue weighted by molar-refractivity contribution is 0.00704. The normalized spacial score (nSPS) is 11.8. The lowest BCUT2D eigenvalue weighted by Gasteiger charge is -2.20. The van der Waals surface area contributed by atoms with Crippen molar-refractivity contribution in [3.8, 4) is 22.4 Å². The van der Waals surface area contributed by atoms with Crippen molar-refractivity contribution in [2.24, 2.45) is 0 Å². The van der Waals surface area contributed by atoms with Crippen LogP contribution in [0.4, 0.5) is 0 Å². The van der Waals surface area contributed by atoms with Crippen molar-refractivity contribution in [1.29, 1.82) is 0 Å². The van der Waals surface area contributed by atoms with E-state index in [1.807, 2.05) is 73.8 Å². The Morgan fingerprint density at radius 1 is 0.881 bits per heavy atom. The van der Waals surface area contributed by atoms with Gasteiger partial charge in [-0.25, -0.2) is 14.8 Å². The van der Waals surface area contributed by atoms with E-state index in [1.165, 1.54) is 5.56 Å². The van der Waals surface area contributed by atoms with Gasteiger partial charge in [0.2, 0.25) is 0 Å². The summed E-state index contributed by atoms with van der Waals surface area (Å²) in [5.41, 5.74) is 8.09. The molecule has 6 aromatic rings. The van der Waals surface area contributed by atoms with Crippen molar-refractivity contribution in [2.45, 2.75) is 59.1 Å². The van der Waals surface area contributed by atoms with Crippen molar-refractivity contribution in [1.82, 2.24) is 18.9 Å². The molecular formula is C36H36N4O2. The number of rotatable bonds is 8. The van der Waals surface area contributed by atoms with Gasteiger partial charge >= 0.3 is 5.97 Å². The van der Waals surface area contributed by atoms with Gasteiger partial charge in [-0.3, -0.25) is 0 Å². The van der Waals surface area contributed by atoms with E-state index in [0.29, 0.717) is 12.1 Å². The highest BCUT2D eigenvalue weighted by molar-refractivity contribution is 5.97. The van der Waals surface area contributed by atoms with Crippen molar-refractivity contribution < 1.29 is 9.53 Å². The molecule has 0 saturated carbocycles. The highest BCUT2D eigenvalue weighted by atomic mass is 16.6. The maximum atomic E-state index is 12.9. The van der Waals surface area contributed by atoms with Crippen LogP contribution in [0, 0.1) is 0 Å². The van der Waals surface area contributed by atoms with E-state index in [9.17, 15) is 4.79 Å². The molecule has 0 saturated heterocycles. The second-order valence-electron chi connectivity index (χ2n) is 11.8. The van der Waals surface area contributed by atoms with Crippen LogP contribution >= 0.6 is 0 Å². The number of aryl methyl sites for hydroxylation is 1. The third kappa shape index (κ3) is 5.70. The molecule has 0 bridgehead atoms. The highest BCUT2D eigenvalue weighted by Crippen LogP contribution is 2.29. The third-order valence-corrected chi connectivity index (χ3v) is 7.39. The standard InChI is InChI=1S/C36H36N4O2/c1-5-6-13-34-37-30-20-19-27(31-24-39-21-10-9-14-33(39)38-31)22-32(30)40(34)23-25-15-17-26(18-16-25)28-11-7-8-12-29(28)35(41)42-36(2,3)4/h7-12,14-22,24H,5-6,13,23H2,1-4H3. The first kappa shape index (κ1) is 27.5. The van der Waals surface area contributed by atoms with Gasteiger partial charge in [-0.05, 0) is 74.2 Å². The molecule has 212 valence electrons. The molecule has 0 N–H and O–H groups in total. The fraction of sp³-hybridized carbons (Fsp3) is 0.250. The van der Waals surface area contributed by atoms with E-state index in [4.69, 9.17) is 14.7 Å². The first-order valence-electron chi connectivity index (χ1n) is 14.6. The minimum absolute atomic E-state index is 0.311. The number of carbonyl (C=O) groups excluding carboxylic acids is 1. The zero-order valence-corrected chi connectivity index (χ0v) is 24.7. The van der Waals surface area contributed by atoms with Crippen LogP contribution < -0.4 is 0 Å². The minimum Gasteiger partial charge on any atom is -0.456 e. The van der Waals surface area contributed by atoms with Crippen molar-refractivity contribution in [3.05, 3.63) is 114 Å². The number of ether oxygens (including phenoxy) is 1. The summed E-state index contributed by atoms with van der Waals surface area (Å²) in [6, 6.07) is 28.6. The van der Waals surface area contributed by atoms with Crippen LogP contribution in [0.25, 0.3) is 39.1 Å². The van der Waals surface area contributed by atoms with Gasteiger partial charge in [0.25, 0.3) is 0 Å². The molecule has 0 fully saturated rings. The minimum atomic E-state index is -0.553. The number of esters is 1. The number of nitrogens with zero attached hydrogens (tertiary/aromatic N) is 4. The Morgan fingerprint density at radius 3 is 2.40 bits per heavy atom. The number of hydrogen-bond donors (Lipinski definition) is 0. The molecule has 3 aromatic carbocycles. The number of aromatic nitrogens is 4. The summed E-state index contributed by atoms with van der Waals surface area (Å²) in [6.45, 7) is 8.58. The first-order valence-corrected chi connectivity index (χ1v) is 14.6. The number of unbranched alkanes of at least 4 members (excludes halogenated alkanes) is 1. The van der Waals surface area contributed by atoms with E-state index in [-0.39, 0.29) is 5.97 Å². The molecule has 0 amide bonds. The molecule has 0 atom stereocenters. The van der Waals surface area contributed by atoms with Gasteiger partial charge in [-0.2, -0.15) is 0 Å². The Labute approximate surface area is 246 Å². The fourth-order valence-corrected chi connectivity index (χ4v) is 5.33. The summed E-state index contributed by atoms with van der Waals surface area (Å²) in [7, 11) is 0. The summed E-state index contributed by atoms with van der Waals surface area (Å²) >= 11 is 0. The Bertz CT molecular complexity index is 1840. The summed E-state index contributed by atoms with van der Waals surface area (Å²) < 4.78 is 10.1. The van der Waals surface area contributed by atoms with Gasteiger partial charge < -0.3 is 13.7 Å². The first-order chi connectivity index (χ1) is 20.3. The molecule has 6 nitrogen and oxygen atoms in total. The third-order valence-electron chi connectivity index (χ3n) is 7.39. The van der Waals surface area contributed by atoms with E-state index < -0.39 is 5.60 Å². The molecule has 42 heavy (non-hydrogen) atoms. The van der Waals surface area contributed by atoms with Gasteiger partial charge in [0.15, 0.2) is 0 Å². The Kier molecular flexibility index (Phi) is 7.38. The predicted octanol–water partition coefficient (Wildman–Crippen LogP) is 8.36. The number of hydrogen-bond acceptors (Lipinski definition) is 4. The maximum absolute atomic E-state index is 12.9. The molecule has 6 heteroatoms. The second kappa shape index (κ2) is 11.3. The van der Waals surface area contributed by atoms with Gasteiger partial charge in [-0.15, -0.1) is 0 Å². The lowest BCUT2D eigenvalue weighted by atomic mass is 9.98. The molecule has 0 aliphatic heterocycles. The zero-order valence-electron chi connectivity index (χ0n) is 24.7. The zero-order chi connectivity index (χ0) is 29.3. The van der Waals surface area contributed by atoms with Crippen LogP contribution in [0.5, 0.6) is 0 Å². The van der Waals surface area contributed by atoms with Crippen LogP contribution in [0.1, 0.15) is 62.3 Å². The molecule has 0 spiro atoms.